The van der Waals surface area contributed by atoms with Gasteiger partial charge in [0.2, 0.25) is 0 Å². The van der Waals surface area contributed by atoms with Crippen LogP contribution in [0.2, 0.25) is 0 Å². The van der Waals surface area contributed by atoms with E-state index in [9.17, 15) is 10.2 Å². The lowest BCUT2D eigenvalue weighted by Gasteiger charge is -2.21. The van der Waals surface area contributed by atoms with Gasteiger partial charge in [0.05, 0.1) is 11.7 Å². The summed E-state index contributed by atoms with van der Waals surface area (Å²) < 4.78 is 0. The molecule has 0 aliphatic heterocycles. The summed E-state index contributed by atoms with van der Waals surface area (Å²) in [7, 11) is 0. The predicted molar refractivity (Wildman–Crippen MR) is 52.3 cm³/mol. The first-order valence-corrected chi connectivity index (χ1v) is 4.44. The van der Waals surface area contributed by atoms with Crippen molar-refractivity contribution in [3.63, 3.8) is 0 Å². The number of aliphatic hydroxyl groups is 2. The minimum atomic E-state index is -0.824. The van der Waals surface area contributed by atoms with Gasteiger partial charge in [-0.1, -0.05) is 30.3 Å². The Bertz CT molecular complexity index is 249. The van der Waals surface area contributed by atoms with E-state index in [-0.39, 0.29) is 0 Å². The highest BCUT2D eigenvalue weighted by molar-refractivity contribution is 5.17. The van der Waals surface area contributed by atoms with Crippen LogP contribution in [0.1, 0.15) is 31.9 Å². The molecule has 0 aliphatic carbocycles. The van der Waals surface area contributed by atoms with Crippen molar-refractivity contribution < 1.29 is 10.2 Å². The van der Waals surface area contributed by atoms with Crippen LogP contribution in [0, 0.1) is 0 Å². The van der Waals surface area contributed by atoms with Crippen molar-refractivity contribution in [1.29, 1.82) is 0 Å². The van der Waals surface area contributed by atoms with Crippen molar-refractivity contribution in [3.8, 4) is 0 Å². The van der Waals surface area contributed by atoms with Crippen LogP contribution < -0.4 is 0 Å². The second-order valence-electron chi connectivity index (χ2n) is 3.94. The Morgan fingerprint density at radius 1 is 1.23 bits per heavy atom. The van der Waals surface area contributed by atoms with Crippen molar-refractivity contribution in [1.82, 2.24) is 0 Å². The third kappa shape index (κ3) is 3.57. The van der Waals surface area contributed by atoms with Crippen LogP contribution in [0.25, 0.3) is 0 Å². The molecule has 1 aromatic rings. The lowest BCUT2D eigenvalue weighted by molar-refractivity contribution is 0.0179. The fourth-order valence-electron chi connectivity index (χ4n) is 1.27. The van der Waals surface area contributed by atoms with Crippen LogP contribution >= 0.6 is 0 Å². The zero-order valence-corrected chi connectivity index (χ0v) is 8.07. The highest BCUT2D eigenvalue weighted by Crippen LogP contribution is 2.22. The molecule has 0 fully saturated rings. The van der Waals surface area contributed by atoms with Gasteiger partial charge in [-0.25, -0.2) is 0 Å². The van der Waals surface area contributed by atoms with Gasteiger partial charge in [-0.15, -0.1) is 0 Å². The van der Waals surface area contributed by atoms with E-state index in [1.54, 1.807) is 13.8 Å². The molecule has 0 spiro atoms. The second kappa shape index (κ2) is 3.90. The average molecular weight is 180 g/mol. The number of aliphatic hydroxyl groups excluding tert-OH is 1. The zero-order valence-electron chi connectivity index (χ0n) is 8.07. The topological polar surface area (TPSA) is 40.5 Å². The zero-order chi connectivity index (χ0) is 9.90. The lowest BCUT2D eigenvalue weighted by atomic mass is 9.96. The van der Waals surface area contributed by atoms with Gasteiger partial charge in [0.25, 0.3) is 0 Å². The van der Waals surface area contributed by atoms with Crippen molar-refractivity contribution in [2.45, 2.75) is 32.0 Å². The second-order valence-corrected chi connectivity index (χ2v) is 3.94. The van der Waals surface area contributed by atoms with E-state index in [1.165, 1.54) is 0 Å². The van der Waals surface area contributed by atoms with E-state index in [0.717, 1.165) is 5.56 Å². The van der Waals surface area contributed by atoms with Gasteiger partial charge in [0.15, 0.2) is 0 Å². The molecule has 0 saturated carbocycles. The highest BCUT2D eigenvalue weighted by atomic mass is 16.3. The molecule has 2 N–H and O–H groups in total. The third-order valence-electron chi connectivity index (χ3n) is 1.88. The highest BCUT2D eigenvalue weighted by Gasteiger charge is 2.19. The standard InChI is InChI=1S/C11H16O2/c1-11(2,13)8-10(12)9-6-4-3-5-7-9/h3-7,10,12-13H,8H2,1-2H3/t10-/m1/s1. The van der Waals surface area contributed by atoms with Crippen molar-refractivity contribution in [3.05, 3.63) is 35.9 Å². The Hall–Kier alpha value is -0.860. The van der Waals surface area contributed by atoms with E-state index in [0.29, 0.717) is 6.42 Å². The van der Waals surface area contributed by atoms with Gasteiger partial charge in [0, 0.05) is 6.42 Å². The Balaban J connectivity index is 2.64. The molecular weight excluding hydrogens is 164 g/mol. The summed E-state index contributed by atoms with van der Waals surface area (Å²) in [5.74, 6) is 0. The Kier molecular flexibility index (Phi) is 3.07. The monoisotopic (exact) mass is 180 g/mol. The molecule has 1 atom stereocenters. The van der Waals surface area contributed by atoms with E-state index < -0.39 is 11.7 Å². The molecule has 0 amide bonds. The maximum Gasteiger partial charge on any atom is 0.0817 e. The molecule has 0 aromatic heterocycles. The van der Waals surface area contributed by atoms with E-state index in [4.69, 9.17) is 0 Å². The number of hydrogen-bond acceptors (Lipinski definition) is 2. The molecule has 1 rings (SSSR count). The fourth-order valence-corrected chi connectivity index (χ4v) is 1.27. The number of benzene rings is 1. The van der Waals surface area contributed by atoms with Gasteiger partial charge in [0.1, 0.15) is 0 Å². The normalized spacial score (nSPS) is 14.2. The molecule has 1 aromatic carbocycles. The minimum Gasteiger partial charge on any atom is -0.390 e. The first-order valence-electron chi connectivity index (χ1n) is 4.44. The molecular formula is C11H16O2. The summed E-state index contributed by atoms with van der Waals surface area (Å²) in [5, 5.41) is 19.2. The molecule has 0 bridgehead atoms. The molecule has 72 valence electrons. The SMILES string of the molecule is CC(C)(O)C[C@@H](O)c1ccccc1. The molecule has 0 heterocycles. The Morgan fingerprint density at radius 3 is 2.23 bits per heavy atom. The molecule has 13 heavy (non-hydrogen) atoms. The van der Waals surface area contributed by atoms with Gasteiger partial charge in [-0.05, 0) is 19.4 Å². The Morgan fingerprint density at radius 2 is 1.77 bits per heavy atom. The molecule has 0 radical (unpaired) electrons. The first-order chi connectivity index (χ1) is 5.99. The summed E-state index contributed by atoms with van der Waals surface area (Å²) in [5.41, 5.74) is 0.0274. The van der Waals surface area contributed by atoms with Crippen LogP contribution in [-0.4, -0.2) is 15.8 Å². The summed E-state index contributed by atoms with van der Waals surface area (Å²) >= 11 is 0. The minimum absolute atomic E-state index is 0.358. The maximum atomic E-state index is 9.70. The van der Waals surface area contributed by atoms with Crippen LogP contribution in [0.3, 0.4) is 0 Å². The fraction of sp³-hybridized carbons (Fsp3) is 0.455. The largest absolute Gasteiger partial charge is 0.390 e. The molecule has 0 unspecified atom stereocenters. The van der Waals surface area contributed by atoms with Crippen LogP contribution in [-0.2, 0) is 0 Å². The van der Waals surface area contributed by atoms with Gasteiger partial charge < -0.3 is 10.2 Å². The van der Waals surface area contributed by atoms with E-state index >= 15 is 0 Å². The van der Waals surface area contributed by atoms with Crippen LogP contribution in [0.5, 0.6) is 0 Å². The van der Waals surface area contributed by atoms with Gasteiger partial charge >= 0.3 is 0 Å². The maximum absolute atomic E-state index is 9.70. The van der Waals surface area contributed by atoms with Crippen molar-refractivity contribution in [2.24, 2.45) is 0 Å². The number of rotatable bonds is 3. The molecule has 0 saturated heterocycles. The van der Waals surface area contributed by atoms with Crippen LogP contribution in [0.4, 0.5) is 0 Å². The molecule has 0 aliphatic rings. The summed E-state index contributed by atoms with van der Waals surface area (Å²) in [6.07, 6.45) is -0.224. The molecule has 2 heteroatoms. The van der Waals surface area contributed by atoms with Crippen molar-refractivity contribution in [2.75, 3.05) is 0 Å². The smallest absolute Gasteiger partial charge is 0.0817 e. The Labute approximate surface area is 78.8 Å². The molecule has 2 nitrogen and oxygen atoms in total. The van der Waals surface area contributed by atoms with E-state index in [2.05, 4.69) is 0 Å². The van der Waals surface area contributed by atoms with Gasteiger partial charge in [-0.3, -0.25) is 0 Å². The predicted octanol–water partition coefficient (Wildman–Crippen LogP) is 1.88. The average Bonchev–Trinajstić information content (AvgIpc) is 2.03. The summed E-state index contributed by atoms with van der Waals surface area (Å²) in [6.45, 7) is 3.39. The first kappa shape index (κ1) is 10.2. The summed E-state index contributed by atoms with van der Waals surface area (Å²) in [4.78, 5) is 0. The quantitative estimate of drug-likeness (QED) is 0.745. The third-order valence-corrected chi connectivity index (χ3v) is 1.88. The van der Waals surface area contributed by atoms with Crippen LogP contribution in [0.15, 0.2) is 30.3 Å². The van der Waals surface area contributed by atoms with Gasteiger partial charge in [-0.2, -0.15) is 0 Å². The van der Waals surface area contributed by atoms with Crippen molar-refractivity contribution >= 4 is 0 Å². The van der Waals surface area contributed by atoms with E-state index in [1.807, 2.05) is 30.3 Å². The lowest BCUT2D eigenvalue weighted by Crippen LogP contribution is -2.22. The number of hydrogen-bond donors (Lipinski definition) is 2. The summed E-state index contributed by atoms with van der Waals surface area (Å²) in [6, 6.07) is 9.37.